The van der Waals surface area contributed by atoms with Crippen LogP contribution in [0, 0.1) is 11.8 Å². The smallest absolute Gasteiger partial charge is 0.223 e. The molecule has 0 unspecified atom stereocenters. The quantitative estimate of drug-likeness (QED) is 0.758. The van der Waals surface area contributed by atoms with E-state index >= 15 is 0 Å². The van der Waals surface area contributed by atoms with E-state index in [1.807, 2.05) is 0 Å². The zero-order valence-electron chi connectivity index (χ0n) is 12.4. The second-order valence-electron chi connectivity index (χ2n) is 6.90. The first kappa shape index (κ1) is 14.1. The molecule has 20 heavy (non-hydrogen) atoms. The molecular weight excluding hydrogens is 248 g/mol. The van der Waals surface area contributed by atoms with Gasteiger partial charge in [0.05, 0.1) is 0 Å². The van der Waals surface area contributed by atoms with Gasteiger partial charge in [0.25, 0.3) is 0 Å². The van der Waals surface area contributed by atoms with E-state index in [0.717, 1.165) is 25.3 Å². The summed E-state index contributed by atoms with van der Waals surface area (Å²) in [5.74, 6) is 1.38. The van der Waals surface area contributed by atoms with Crippen molar-refractivity contribution >= 4 is 5.91 Å². The third-order valence-corrected chi connectivity index (χ3v) is 5.04. The van der Waals surface area contributed by atoms with Crippen molar-refractivity contribution in [2.45, 2.75) is 69.9 Å². The summed E-state index contributed by atoms with van der Waals surface area (Å²) in [7, 11) is 0. The average molecular weight is 276 g/mol. The molecule has 2 saturated carbocycles. The summed E-state index contributed by atoms with van der Waals surface area (Å²) < 4.78 is 0. The van der Waals surface area contributed by atoms with E-state index in [9.17, 15) is 4.79 Å². The molecule has 3 aliphatic carbocycles. The van der Waals surface area contributed by atoms with E-state index in [2.05, 4.69) is 22.8 Å². The summed E-state index contributed by atoms with van der Waals surface area (Å²) in [6.45, 7) is 1.13. The Morgan fingerprint density at radius 2 is 1.95 bits per heavy atom. The highest BCUT2D eigenvalue weighted by Gasteiger charge is 2.31. The highest BCUT2D eigenvalue weighted by atomic mass is 16.2. The molecule has 3 nitrogen and oxygen atoms in total. The Bertz CT molecular complexity index is 362. The maximum Gasteiger partial charge on any atom is 0.223 e. The number of allylic oxidation sites excluding steroid dienone is 2. The number of hydrogen-bond donors (Lipinski definition) is 2. The summed E-state index contributed by atoms with van der Waals surface area (Å²) >= 11 is 0. The Morgan fingerprint density at radius 1 is 1.05 bits per heavy atom. The van der Waals surface area contributed by atoms with E-state index in [-0.39, 0.29) is 5.92 Å². The Labute approximate surface area is 122 Å². The summed E-state index contributed by atoms with van der Waals surface area (Å²) in [5, 5.41) is 6.90. The van der Waals surface area contributed by atoms with Crippen LogP contribution in [0.4, 0.5) is 0 Å². The van der Waals surface area contributed by atoms with Crippen LogP contribution < -0.4 is 10.6 Å². The van der Waals surface area contributed by atoms with Gasteiger partial charge in [-0.2, -0.15) is 0 Å². The monoisotopic (exact) mass is 276 g/mol. The molecule has 0 heterocycles. The van der Waals surface area contributed by atoms with Crippen LogP contribution in [0.25, 0.3) is 0 Å². The Balaban J connectivity index is 1.40. The summed E-state index contributed by atoms with van der Waals surface area (Å²) in [6.07, 6.45) is 15.4. The molecule has 2 fully saturated rings. The SMILES string of the molecule is O=C(NC1CC1)[C@@H]1CCC[C@@H](NC[C@H]2CC=CCC2)C1. The fraction of sp³-hybridized carbons (Fsp3) is 0.824. The second kappa shape index (κ2) is 6.75. The van der Waals surface area contributed by atoms with Gasteiger partial charge in [0.15, 0.2) is 0 Å². The van der Waals surface area contributed by atoms with Gasteiger partial charge in [-0.25, -0.2) is 0 Å². The first-order valence-electron chi connectivity index (χ1n) is 8.50. The van der Waals surface area contributed by atoms with Crippen LogP contribution in [-0.4, -0.2) is 24.5 Å². The topological polar surface area (TPSA) is 41.1 Å². The molecule has 0 radical (unpaired) electrons. The van der Waals surface area contributed by atoms with Crippen LogP contribution in [0.2, 0.25) is 0 Å². The Kier molecular flexibility index (Phi) is 4.77. The van der Waals surface area contributed by atoms with Crippen LogP contribution >= 0.6 is 0 Å². The minimum absolute atomic E-state index is 0.258. The van der Waals surface area contributed by atoms with Crippen molar-refractivity contribution in [2.24, 2.45) is 11.8 Å². The zero-order valence-corrected chi connectivity index (χ0v) is 12.4. The summed E-state index contributed by atoms with van der Waals surface area (Å²) in [4.78, 5) is 12.2. The number of nitrogens with one attached hydrogen (secondary N) is 2. The van der Waals surface area contributed by atoms with Crippen molar-refractivity contribution in [1.29, 1.82) is 0 Å². The molecule has 0 bridgehead atoms. The summed E-state index contributed by atoms with van der Waals surface area (Å²) in [6, 6.07) is 1.06. The molecule has 0 aromatic carbocycles. The van der Waals surface area contributed by atoms with Gasteiger partial charge in [0, 0.05) is 18.0 Å². The third-order valence-electron chi connectivity index (χ3n) is 5.04. The highest BCUT2D eigenvalue weighted by Crippen LogP contribution is 2.27. The van der Waals surface area contributed by atoms with Crippen molar-refractivity contribution in [1.82, 2.24) is 10.6 Å². The standard InChI is InChI=1S/C17H28N2O/c20-17(19-15-9-10-15)14-7-4-8-16(11-14)18-12-13-5-2-1-3-6-13/h1-2,13-16,18H,3-12H2,(H,19,20)/t13-,14+,16+/m0/s1. The molecule has 0 aromatic heterocycles. The van der Waals surface area contributed by atoms with Gasteiger partial charge in [-0.1, -0.05) is 18.6 Å². The largest absolute Gasteiger partial charge is 0.353 e. The Hall–Kier alpha value is -0.830. The van der Waals surface area contributed by atoms with Gasteiger partial charge < -0.3 is 10.6 Å². The molecule has 3 rings (SSSR count). The van der Waals surface area contributed by atoms with Crippen LogP contribution in [0.15, 0.2) is 12.2 Å². The molecule has 0 spiro atoms. The highest BCUT2D eigenvalue weighted by molar-refractivity contribution is 5.79. The fourth-order valence-electron chi connectivity index (χ4n) is 3.54. The maximum absolute atomic E-state index is 12.2. The van der Waals surface area contributed by atoms with E-state index in [0.29, 0.717) is 18.0 Å². The molecular formula is C17H28N2O. The van der Waals surface area contributed by atoms with E-state index in [1.165, 1.54) is 44.9 Å². The lowest BCUT2D eigenvalue weighted by atomic mass is 9.84. The molecule has 0 aliphatic heterocycles. The first-order chi connectivity index (χ1) is 9.81. The molecule has 1 amide bonds. The van der Waals surface area contributed by atoms with Crippen molar-refractivity contribution in [3.63, 3.8) is 0 Å². The molecule has 0 aromatic rings. The van der Waals surface area contributed by atoms with Gasteiger partial charge in [-0.15, -0.1) is 0 Å². The maximum atomic E-state index is 12.2. The van der Waals surface area contributed by atoms with E-state index in [1.54, 1.807) is 0 Å². The lowest BCUT2D eigenvalue weighted by Gasteiger charge is -2.30. The Morgan fingerprint density at radius 3 is 2.70 bits per heavy atom. The molecule has 3 aliphatic rings. The third kappa shape index (κ3) is 4.08. The number of carbonyl (C=O) groups excluding carboxylic acids is 1. The minimum Gasteiger partial charge on any atom is -0.353 e. The first-order valence-corrected chi connectivity index (χ1v) is 8.50. The molecule has 3 heteroatoms. The predicted octanol–water partition coefficient (Wildman–Crippen LogP) is 2.77. The minimum atomic E-state index is 0.258. The van der Waals surface area contributed by atoms with Crippen LogP contribution in [0.3, 0.4) is 0 Å². The van der Waals surface area contributed by atoms with Crippen molar-refractivity contribution in [2.75, 3.05) is 6.54 Å². The number of carbonyl (C=O) groups is 1. The zero-order chi connectivity index (χ0) is 13.8. The van der Waals surface area contributed by atoms with E-state index in [4.69, 9.17) is 0 Å². The molecule has 112 valence electrons. The lowest BCUT2D eigenvalue weighted by Crippen LogP contribution is -2.42. The van der Waals surface area contributed by atoms with Crippen LogP contribution in [-0.2, 0) is 4.79 Å². The van der Waals surface area contributed by atoms with Gasteiger partial charge in [-0.3, -0.25) is 4.79 Å². The number of amides is 1. The molecule has 3 atom stereocenters. The molecule has 0 saturated heterocycles. The molecule has 2 N–H and O–H groups in total. The van der Waals surface area contributed by atoms with Gasteiger partial charge in [-0.05, 0) is 63.8 Å². The van der Waals surface area contributed by atoms with Gasteiger partial charge in [0.2, 0.25) is 5.91 Å². The van der Waals surface area contributed by atoms with Crippen molar-refractivity contribution in [3.05, 3.63) is 12.2 Å². The van der Waals surface area contributed by atoms with Gasteiger partial charge in [0.1, 0.15) is 0 Å². The number of hydrogen-bond acceptors (Lipinski definition) is 2. The number of rotatable bonds is 5. The van der Waals surface area contributed by atoms with Gasteiger partial charge >= 0.3 is 0 Å². The van der Waals surface area contributed by atoms with Crippen LogP contribution in [0.5, 0.6) is 0 Å². The average Bonchev–Trinajstić information content (AvgIpc) is 3.30. The van der Waals surface area contributed by atoms with E-state index < -0.39 is 0 Å². The summed E-state index contributed by atoms with van der Waals surface area (Å²) in [5.41, 5.74) is 0. The van der Waals surface area contributed by atoms with Crippen LogP contribution in [0.1, 0.15) is 57.8 Å². The lowest BCUT2D eigenvalue weighted by molar-refractivity contribution is -0.126. The van der Waals surface area contributed by atoms with Crippen molar-refractivity contribution in [3.8, 4) is 0 Å². The normalized spacial score (nSPS) is 33.9. The second-order valence-corrected chi connectivity index (χ2v) is 6.90. The predicted molar refractivity (Wildman–Crippen MR) is 81.4 cm³/mol. The fourth-order valence-corrected chi connectivity index (χ4v) is 3.54. The van der Waals surface area contributed by atoms with Crippen molar-refractivity contribution < 1.29 is 4.79 Å².